The smallest absolute Gasteiger partial charge is 0.0845 e. The van der Waals surface area contributed by atoms with Crippen molar-refractivity contribution in [3.8, 4) is 0 Å². The van der Waals surface area contributed by atoms with E-state index < -0.39 is 0 Å². The number of halogens is 2. The van der Waals surface area contributed by atoms with Gasteiger partial charge in [-0.2, -0.15) is 0 Å². The fourth-order valence-electron chi connectivity index (χ4n) is 2.09. The van der Waals surface area contributed by atoms with Crippen molar-refractivity contribution in [2.75, 3.05) is 6.54 Å². The molecule has 6 heteroatoms. The maximum atomic E-state index is 6.36. The van der Waals surface area contributed by atoms with Crippen LogP contribution in [0.15, 0.2) is 28.9 Å². The molecule has 0 radical (unpaired) electrons. The lowest BCUT2D eigenvalue weighted by molar-refractivity contribution is 0.524. The molecule has 1 N–H and O–H groups in total. The number of aryl methyl sites for hydroxylation is 1. The topological polar surface area (TPSA) is 42.7 Å². The summed E-state index contributed by atoms with van der Waals surface area (Å²) < 4.78 is 2.70. The minimum atomic E-state index is 0.146. The molecule has 1 aromatic carbocycles. The van der Waals surface area contributed by atoms with E-state index in [1.807, 2.05) is 25.4 Å². The van der Waals surface area contributed by atoms with Crippen LogP contribution < -0.4 is 5.32 Å². The number of rotatable bonds is 6. The van der Waals surface area contributed by atoms with Gasteiger partial charge in [-0.25, -0.2) is 0 Å². The maximum absolute atomic E-state index is 6.36. The van der Waals surface area contributed by atoms with Crippen LogP contribution in [0.4, 0.5) is 0 Å². The number of nitrogens with one attached hydrogen (secondary N) is 1. The van der Waals surface area contributed by atoms with Gasteiger partial charge in [0, 0.05) is 35.2 Å². The molecule has 0 spiro atoms. The molecule has 0 amide bonds. The van der Waals surface area contributed by atoms with Crippen LogP contribution in [0.5, 0.6) is 0 Å². The van der Waals surface area contributed by atoms with Crippen molar-refractivity contribution >= 4 is 27.5 Å². The molecule has 2 aromatic rings. The monoisotopic (exact) mass is 356 g/mol. The lowest BCUT2D eigenvalue weighted by atomic mass is 10.0. The first-order valence-electron chi connectivity index (χ1n) is 6.63. The second-order valence-electron chi connectivity index (χ2n) is 4.76. The zero-order valence-electron chi connectivity index (χ0n) is 11.6. The molecule has 0 fully saturated rings. The minimum absolute atomic E-state index is 0.146. The molecule has 108 valence electrons. The van der Waals surface area contributed by atoms with E-state index in [2.05, 4.69) is 44.5 Å². The fraction of sp³-hybridized carbons (Fsp3) is 0.429. The van der Waals surface area contributed by atoms with Gasteiger partial charge in [0.1, 0.15) is 0 Å². The first kappa shape index (κ1) is 15.5. The second kappa shape index (κ2) is 7.20. The van der Waals surface area contributed by atoms with Crippen LogP contribution in [-0.4, -0.2) is 21.5 Å². The second-order valence-corrected chi connectivity index (χ2v) is 6.08. The van der Waals surface area contributed by atoms with Crippen molar-refractivity contribution < 1.29 is 0 Å². The highest BCUT2D eigenvalue weighted by Crippen LogP contribution is 2.28. The average molecular weight is 358 g/mol. The zero-order valence-corrected chi connectivity index (χ0v) is 13.9. The Bertz CT molecular complexity index is 570. The summed E-state index contributed by atoms with van der Waals surface area (Å²) in [5.41, 5.74) is 2.05. The summed E-state index contributed by atoms with van der Waals surface area (Å²) in [5.74, 6) is 0. The van der Waals surface area contributed by atoms with E-state index >= 15 is 0 Å². The summed E-state index contributed by atoms with van der Waals surface area (Å²) in [5, 5.41) is 12.4. The van der Waals surface area contributed by atoms with Crippen LogP contribution in [0.3, 0.4) is 0 Å². The van der Waals surface area contributed by atoms with E-state index in [1.54, 1.807) is 4.68 Å². The SMILES string of the molecule is CCCNC(Cc1cn(C)nn1)c1ccc(Br)cc1Cl. The molecule has 0 saturated carbocycles. The zero-order chi connectivity index (χ0) is 14.5. The van der Waals surface area contributed by atoms with Gasteiger partial charge in [0.05, 0.1) is 5.69 Å². The Morgan fingerprint density at radius 2 is 2.25 bits per heavy atom. The predicted molar refractivity (Wildman–Crippen MR) is 84.9 cm³/mol. The van der Waals surface area contributed by atoms with E-state index in [9.17, 15) is 0 Å². The number of hydrogen-bond donors (Lipinski definition) is 1. The summed E-state index contributed by atoms with van der Waals surface area (Å²) in [6, 6.07) is 6.13. The molecule has 1 aromatic heterocycles. The van der Waals surface area contributed by atoms with Crippen LogP contribution in [0, 0.1) is 0 Å². The summed E-state index contributed by atoms with van der Waals surface area (Å²) >= 11 is 9.80. The first-order chi connectivity index (χ1) is 9.60. The standard InChI is InChI=1S/C14H18BrClN4/c1-3-6-17-14(8-11-9-20(2)19-18-11)12-5-4-10(15)7-13(12)16/h4-5,7,9,14,17H,3,6,8H2,1-2H3. The van der Waals surface area contributed by atoms with Crippen LogP contribution in [0.25, 0.3) is 0 Å². The maximum Gasteiger partial charge on any atom is 0.0845 e. The third-order valence-electron chi connectivity index (χ3n) is 3.04. The molecular weight excluding hydrogens is 340 g/mol. The van der Waals surface area contributed by atoms with Crippen molar-refractivity contribution in [2.45, 2.75) is 25.8 Å². The number of hydrogen-bond acceptors (Lipinski definition) is 3. The molecule has 4 nitrogen and oxygen atoms in total. The summed E-state index contributed by atoms with van der Waals surface area (Å²) in [6.45, 7) is 3.09. The Hall–Kier alpha value is -0.910. The quantitative estimate of drug-likeness (QED) is 0.860. The fourth-order valence-corrected chi connectivity index (χ4v) is 2.90. The molecule has 1 heterocycles. The molecule has 0 aliphatic carbocycles. The van der Waals surface area contributed by atoms with Gasteiger partial charge in [0.15, 0.2) is 0 Å². The van der Waals surface area contributed by atoms with Gasteiger partial charge in [-0.15, -0.1) is 5.10 Å². The van der Waals surface area contributed by atoms with Crippen molar-refractivity contribution in [1.29, 1.82) is 0 Å². The molecule has 0 bridgehead atoms. The molecular formula is C14H18BrClN4. The third-order valence-corrected chi connectivity index (χ3v) is 3.86. The van der Waals surface area contributed by atoms with Gasteiger partial charge < -0.3 is 5.32 Å². The number of aromatic nitrogens is 3. The largest absolute Gasteiger partial charge is 0.310 e. The Labute approximate surface area is 132 Å². The normalized spacial score (nSPS) is 12.6. The predicted octanol–water partition coefficient (Wildman–Crippen LogP) is 3.51. The summed E-state index contributed by atoms with van der Waals surface area (Å²) in [7, 11) is 1.87. The molecule has 2 rings (SSSR count). The van der Waals surface area contributed by atoms with E-state index in [0.717, 1.165) is 40.1 Å². The van der Waals surface area contributed by atoms with E-state index in [1.165, 1.54) is 0 Å². The lowest BCUT2D eigenvalue weighted by Gasteiger charge is -2.19. The third kappa shape index (κ3) is 4.04. The van der Waals surface area contributed by atoms with Gasteiger partial charge in [0.25, 0.3) is 0 Å². The van der Waals surface area contributed by atoms with E-state index in [0.29, 0.717) is 0 Å². The van der Waals surface area contributed by atoms with Crippen LogP contribution >= 0.6 is 27.5 Å². The Kier molecular flexibility index (Phi) is 5.57. The van der Waals surface area contributed by atoms with Gasteiger partial charge >= 0.3 is 0 Å². The number of nitrogens with zero attached hydrogens (tertiary/aromatic N) is 3. The van der Waals surface area contributed by atoms with E-state index in [-0.39, 0.29) is 6.04 Å². The van der Waals surface area contributed by atoms with Crippen LogP contribution in [0.2, 0.25) is 5.02 Å². The van der Waals surface area contributed by atoms with Gasteiger partial charge in [0.2, 0.25) is 0 Å². The minimum Gasteiger partial charge on any atom is -0.310 e. The highest BCUT2D eigenvalue weighted by molar-refractivity contribution is 9.10. The molecule has 1 atom stereocenters. The average Bonchev–Trinajstić information content (AvgIpc) is 2.80. The van der Waals surface area contributed by atoms with Gasteiger partial charge in [-0.1, -0.05) is 45.7 Å². The van der Waals surface area contributed by atoms with E-state index in [4.69, 9.17) is 11.6 Å². The Balaban J connectivity index is 2.22. The van der Waals surface area contributed by atoms with Crippen molar-refractivity contribution in [1.82, 2.24) is 20.3 Å². The van der Waals surface area contributed by atoms with Crippen molar-refractivity contribution in [3.63, 3.8) is 0 Å². The molecule has 20 heavy (non-hydrogen) atoms. The highest BCUT2D eigenvalue weighted by atomic mass is 79.9. The summed E-state index contributed by atoms with van der Waals surface area (Å²) in [6.07, 6.45) is 3.79. The summed E-state index contributed by atoms with van der Waals surface area (Å²) in [4.78, 5) is 0. The Morgan fingerprint density at radius 3 is 2.85 bits per heavy atom. The van der Waals surface area contributed by atoms with Crippen LogP contribution in [0.1, 0.15) is 30.6 Å². The molecule has 1 unspecified atom stereocenters. The van der Waals surface area contributed by atoms with Crippen molar-refractivity contribution in [3.05, 3.63) is 45.1 Å². The first-order valence-corrected chi connectivity index (χ1v) is 7.80. The van der Waals surface area contributed by atoms with Crippen molar-refractivity contribution in [2.24, 2.45) is 7.05 Å². The Morgan fingerprint density at radius 1 is 1.45 bits per heavy atom. The van der Waals surface area contributed by atoms with Gasteiger partial charge in [-0.3, -0.25) is 4.68 Å². The highest BCUT2D eigenvalue weighted by Gasteiger charge is 2.16. The molecule has 0 saturated heterocycles. The van der Waals surface area contributed by atoms with Crippen LogP contribution in [-0.2, 0) is 13.5 Å². The molecule has 0 aliphatic rings. The lowest BCUT2D eigenvalue weighted by Crippen LogP contribution is -2.24. The number of benzene rings is 1. The van der Waals surface area contributed by atoms with Gasteiger partial charge in [-0.05, 0) is 30.7 Å². The molecule has 0 aliphatic heterocycles.